The van der Waals surface area contributed by atoms with Gasteiger partial charge in [0.15, 0.2) is 0 Å². The molecular weight excluding hydrogens is 383 g/mol. The molecule has 0 N–H and O–H groups in total. The highest BCUT2D eigenvalue weighted by Crippen LogP contribution is 2.37. The van der Waals surface area contributed by atoms with Gasteiger partial charge in [0.2, 0.25) is 0 Å². The van der Waals surface area contributed by atoms with Crippen molar-refractivity contribution in [3.8, 4) is 5.75 Å². The number of anilines is 1. The molecule has 2 aromatic carbocycles. The quantitative estimate of drug-likeness (QED) is 0.715. The molecule has 0 saturated carbocycles. The second-order valence-electron chi connectivity index (χ2n) is 8.23. The van der Waals surface area contributed by atoms with Crippen molar-refractivity contribution in [1.82, 2.24) is 4.90 Å². The van der Waals surface area contributed by atoms with Gasteiger partial charge >= 0.3 is 0 Å². The molecule has 2 atom stereocenters. The number of carbonyl (C=O) groups is 2. The summed E-state index contributed by atoms with van der Waals surface area (Å²) in [4.78, 5) is 30.3. The van der Waals surface area contributed by atoms with Gasteiger partial charge in [-0.15, -0.1) is 0 Å². The third kappa shape index (κ3) is 3.58. The van der Waals surface area contributed by atoms with Gasteiger partial charge in [-0.25, -0.2) is 9.29 Å². The number of imide groups is 1. The van der Waals surface area contributed by atoms with Crippen LogP contribution >= 0.6 is 0 Å². The van der Waals surface area contributed by atoms with E-state index in [0.717, 1.165) is 6.42 Å². The maximum Gasteiger partial charge on any atom is 0.282 e. The number of rotatable bonds is 4. The monoisotopic (exact) mass is 408 g/mol. The predicted molar refractivity (Wildman–Crippen MR) is 113 cm³/mol. The number of nitrogens with zero attached hydrogens (tertiary/aromatic N) is 2. The third-order valence-corrected chi connectivity index (χ3v) is 5.69. The van der Waals surface area contributed by atoms with Crippen molar-refractivity contribution in [2.75, 3.05) is 25.1 Å². The number of likely N-dealkylation sites (tertiary alicyclic amines) is 1. The second-order valence-corrected chi connectivity index (χ2v) is 8.23. The Labute approximate surface area is 175 Å². The lowest BCUT2D eigenvalue weighted by Crippen LogP contribution is -2.42. The molecule has 2 aromatic rings. The van der Waals surface area contributed by atoms with Gasteiger partial charge in [0, 0.05) is 19.2 Å². The minimum absolute atomic E-state index is 0.323. The van der Waals surface area contributed by atoms with E-state index >= 15 is 0 Å². The lowest BCUT2D eigenvalue weighted by molar-refractivity contribution is -0.120. The molecule has 6 heteroatoms. The summed E-state index contributed by atoms with van der Waals surface area (Å²) in [5.74, 6) is 0.233. The smallest absolute Gasteiger partial charge is 0.282 e. The van der Waals surface area contributed by atoms with E-state index < -0.39 is 5.91 Å². The topological polar surface area (TPSA) is 49.9 Å². The predicted octanol–water partition coefficient (Wildman–Crippen LogP) is 4.10. The lowest BCUT2D eigenvalue weighted by Gasteiger charge is -2.37. The Balaban J connectivity index is 1.83. The second kappa shape index (κ2) is 7.94. The number of hydrogen-bond acceptors (Lipinski definition) is 4. The van der Waals surface area contributed by atoms with Gasteiger partial charge in [-0.3, -0.25) is 9.59 Å². The summed E-state index contributed by atoms with van der Waals surface area (Å²) in [6, 6.07) is 12.6. The number of hydrogen-bond donors (Lipinski definition) is 0. The van der Waals surface area contributed by atoms with Crippen LogP contribution in [0.5, 0.6) is 5.75 Å². The maximum absolute atomic E-state index is 13.6. The molecule has 4 rings (SSSR count). The number of piperidine rings is 1. The first-order chi connectivity index (χ1) is 14.4. The molecule has 2 aliphatic rings. The molecule has 5 nitrogen and oxygen atoms in total. The van der Waals surface area contributed by atoms with Gasteiger partial charge < -0.3 is 9.64 Å². The van der Waals surface area contributed by atoms with Crippen molar-refractivity contribution in [3.63, 3.8) is 0 Å². The van der Waals surface area contributed by atoms with E-state index in [1.54, 1.807) is 36.4 Å². The van der Waals surface area contributed by atoms with Crippen molar-refractivity contribution in [2.24, 2.45) is 11.8 Å². The van der Waals surface area contributed by atoms with E-state index in [4.69, 9.17) is 4.74 Å². The van der Waals surface area contributed by atoms with Crippen LogP contribution in [0.3, 0.4) is 0 Å². The molecular formula is C24H25FN2O3. The van der Waals surface area contributed by atoms with Gasteiger partial charge in [-0.05, 0) is 48.1 Å². The van der Waals surface area contributed by atoms with E-state index in [2.05, 4.69) is 13.8 Å². The largest absolute Gasteiger partial charge is 0.497 e. The Morgan fingerprint density at radius 2 is 1.63 bits per heavy atom. The summed E-state index contributed by atoms with van der Waals surface area (Å²) in [6.45, 7) is 5.72. The highest BCUT2D eigenvalue weighted by Gasteiger charge is 2.43. The zero-order chi connectivity index (χ0) is 21.4. The van der Waals surface area contributed by atoms with E-state index in [1.165, 1.54) is 24.1 Å². The van der Waals surface area contributed by atoms with Crippen LogP contribution in [0.15, 0.2) is 54.2 Å². The first-order valence-corrected chi connectivity index (χ1v) is 10.2. The van der Waals surface area contributed by atoms with E-state index in [-0.39, 0.29) is 11.7 Å². The molecule has 1 saturated heterocycles. The summed E-state index contributed by atoms with van der Waals surface area (Å²) in [5.41, 5.74) is 1.72. The Morgan fingerprint density at radius 1 is 0.967 bits per heavy atom. The van der Waals surface area contributed by atoms with Crippen molar-refractivity contribution in [2.45, 2.75) is 20.3 Å². The summed E-state index contributed by atoms with van der Waals surface area (Å²) < 4.78 is 18.8. The molecule has 2 unspecified atom stereocenters. The number of amides is 2. The van der Waals surface area contributed by atoms with Gasteiger partial charge in [-0.1, -0.05) is 32.0 Å². The normalized spacial score (nSPS) is 22.1. The molecule has 0 bridgehead atoms. The van der Waals surface area contributed by atoms with Gasteiger partial charge in [0.25, 0.3) is 11.8 Å². The van der Waals surface area contributed by atoms with Gasteiger partial charge in [-0.2, -0.15) is 0 Å². The molecule has 2 heterocycles. The molecule has 0 aliphatic carbocycles. The molecule has 0 aromatic heterocycles. The summed E-state index contributed by atoms with van der Waals surface area (Å²) >= 11 is 0. The Hall–Kier alpha value is -3.15. The standard InChI is InChI=1S/C24H25FN2O3/c1-15-11-16(2)14-26(13-15)22-21(17-7-9-18(25)10-8-17)23(28)27(24(22)29)19-5-4-6-20(12-19)30-3/h4-10,12,15-16H,11,13-14H2,1-3H3. The van der Waals surface area contributed by atoms with E-state index in [9.17, 15) is 14.0 Å². The fraction of sp³-hybridized carbons (Fsp3) is 0.333. The molecule has 0 spiro atoms. The average molecular weight is 408 g/mol. The highest BCUT2D eigenvalue weighted by atomic mass is 19.1. The molecule has 0 radical (unpaired) electrons. The van der Waals surface area contributed by atoms with Crippen LogP contribution in [0.1, 0.15) is 25.8 Å². The van der Waals surface area contributed by atoms with E-state index in [0.29, 0.717) is 53.2 Å². The van der Waals surface area contributed by atoms with Crippen LogP contribution in [0.25, 0.3) is 5.57 Å². The van der Waals surface area contributed by atoms with Crippen LogP contribution in [0, 0.1) is 17.7 Å². The van der Waals surface area contributed by atoms with Gasteiger partial charge in [0.05, 0.1) is 18.4 Å². The van der Waals surface area contributed by atoms with Crippen LogP contribution in [-0.4, -0.2) is 36.9 Å². The molecule has 2 aliphatic heterocycles. The number of benzene rings is 2. The molecule has 2 amide bonds. The summed E-state index contributed by atoms with van der Waals surface area (Å²) in [5, 5.41) is 0. The summed E-state index contributed by atoms with van der Waals surface area (Å²) in [6.07, 6.45) is 1.08. The number of halogens is 1. The average Bonchev–Trinajstić information content (AvgIpc) is 2.98. The first-order valence-electron chi connectivity index (χ1n) is 10.2. The fourth-order valence-corrected chi connectivity index (χ4v) is 4.52. The van der Waals surface area contributed by atoms with Crippen LogP contribution in [-0.2, 0) is 9.59 Å². The highest BCUT2D eigenvalue weighted by molar-refractivity contribution is 6.45. The maximum atomic E-state index is 13.6. The number of ether oxygens (including phenoxy) is 1. The minimum atomic E-state index is -0.402. The van der Waals surface area contributed by atoms with E-state index in [1.807, 2.05) is 4.90 Å². The van der Waals surface area contributed by atoms with Crippen molar-refractivity contribution in [3.05, 3.63) is 65.6 Å². The fourth-order valence-electron chi connectivity index (χ4n) is 4.52. The molecule has 1 fully saturated rings. The van der Waals surface area contributed by atoms with Crippen molar-refractivity contribution in [1.29, 1.82) is 0 Å². The van der Waals surface area contributed by atoms with Crippen LogP contribution < -0.4 is 9.64 Å². The third-order valence-electron chi connectivity index (χ3n) is 5.69. The van der Waals surface area contributed by atoms with Crippen molar-refractivity contribution >= 4 is 23.1 Å². The minimum Gasteiger partial charge on any atom is -0.497 e. The summed E-state index contributed by atoms with van der Waals surface area (Å²) in [7, 11) is 1.54. The first kappa shape index (κ1) is 20.1. The molecule has 30 heavy (non-hydrogen) atoms. The Kier molecular flexibility index (Phi) is 5.33. The lowest BCUT2D eigenvalue weighted by atomic mass is 9.91. The Bertz CT molecular complexity index is 1010. The Morgan fingerprint density at radius 3 is 2.27 bits per heavy atom. The van der Waals surface area contributed by atoms with Crippen LogP contribution in [0.4, 0.5) is 10.1 Å². The number of carbonyl (C=O) groups excluding carboxylic acids is 2. The van der Waals surface area contributed by atoms with Crippen molar-refractivity contribution < 1.29 is 18.7 Å². The van der Waals surface area contributed by atoms with Crippen LogP contribution in [0.2, 0.25) is 0 Å². The SMILES string of the molecule is COc1cccc(N2C(=O)C(c3ccc(F)cc3)=C(N3CC(C)CC(C)C3)C2=O)c1. The number of methoxy groups -OCH3 is 1. The molecule has 156 valence electrons. The zero-order valence-corrected chi connectivity index (χ0v) is 17.4. The van der Waals surface area contributed by atoms with Gasteiger partial charge in [0.1, 0.15) is 17.3 Å². The zero-order valence-electron chi connectivity index (χ0n) is 17.4.